The van der Waals surface area contributed by atoms with Crippen molar-refractivity contribution >= 4 is 17.0 Å². The number of fused-ring (bicyclic) bond motifs is 1. The van der Waals surface area contributed by atoms with Gasteiger partial charge in [-0.1, -0.05) is 18.6 Å². The fraction of sp³-hybridized carbons (Fsp3) is 0.353. The van der Waals surface area contributed by atoms with Crippen LogP contribution in [0.25, 0.3) is 11.2 Å². The van der Waals surface area contributed by atoms with E-state index in [4.69, 9.17) is 4.42 Å². The summed E-state index contributed by atoms with van der Waals surface area (Å²) in [6, 6.07) is 3.76. The van der Waals surface area contributed by atoms with Gasteiger partial charge in [-0.25, -0.2) is 15.0 Å². The molecule has 0 spiro atoms. The Morgan fingerprint density at radius 1 is 1.23 bits per heavy atom. The molecule has 0 saturated carbocycles. The van der Waals surface area contributed by atoms with E-state index in [1.165, 1.54) is 6.33 Å². The Bertz CT molecular complexity index is 972. The van der Waals surface area contributed by atoms with E-state index in [2.05, 4.69) is 37.5 Å². The van der Waals surface area contributed by atoms with Crippen LogP contribution >= 0.6 is 0 Å². The molecule has 0 bridgehead atoms. The molecular formula is C17H20N8O. The maximum atomic E-state index is 5.33. The highest BCUT2D eigenvalue weighted by molar-refractivity contribution is 5.82. The number of rotatable bonds is 8. The summed E-state index contributed by atoms with van der Waals surface area (Å²) >= 11 is 0. The molecule has 9 heteroatoms. The summed E-state index contributed by atoms with van der Waals surface area (Å²) in [7, 11) is 0. The summed E-state index contributed by atoms with van der Waals surface area (Å²) in [5.74, 6) is 1.51. The van der Waals surface area contributed by atoms with Gasteiger partial charge in [0.1, 0.15) is 23.3 Å². The molecule has 4 rings (SSSR count). The summed E-state index contributed by atoms with van der Waals surface area (Å²) in [5.41, 5.74) is 2.35. The second kappa shape index (κ2) is 7.34. The molecule has 0 unspecified atom stereocenters. The molecule has 4 aromatic heterocycles. The van der Waals surface area contributed by atoms with Gasteiger partial charge in [-0.05, 0) is 18.6 Å². The van der Waals surface area contributed by atoms with E-state index in [1.54, 1.807) is 12.6 Å². The van der Waals surface area contributed by atoms with E-state index in [-0.39, 0.29) is 0 Å². The molecule has 0 saturated heterocycles. The molecule has 9 nitrogen and oxygen atoms in total. The number of imidazole rings is 1. The quantitative estimate of drug-likeness (QED) is 0.520. The van der Waals surface area contributed by atoms with Gasteiger partial charge in [-0.2, -0.15) is 0 Å². The van der Waals surface area contributed by atoms with Gasteiger partial charge >= 0.3 is 0 Å². The van der Waals surface area contributed by atoms with Gasteiger partial charge in [0.05, 0.1) is 31.9 Å². The lowest BCUT2D eigenvalue weighted by Crippen LogP contribution is -2.03. The van der Waals surface area contributed by atoms with Crippen LogP contribution in [0, 0.1) is 0 Å². The lowest BCUT2D eigenvalue weighted by Gasteiger charge is -2.04. The number of nitrogens with zero attached hydrogens (tertiary/aromatic N) is 7. The summed E-state index contributed by atoms with van der Waals surface area (Å²) in [4.78, 5) is 13.1. The first kappa shape index (κ1) is 16.2. The smallest absolute Gasteiger partial charge is 0.165 e. The Labute approximate surface area is 150 Å². The highest BCUT2D eigenvalue weighted by atomic mass is 16.3. The van der Waals surface area contributed by atoms with E-state index in [1.807, 2.05) is 27.6 Å². The predicted molar refractivity (Wildman–Crippen MR) is 95.4 cm³/mol. The average molecular weight is 352 g/mol. The molecular weight excluding hydrogens is 332 g/mol. The molecule has 0 amide bonds. The van der Waals surface area contributed by atoms with Crippen molar-refractivity contribution in [3.05, 3.63) is 48.7 Å². The zero-order valence-electron chi connectivity index (χ0n) is 14.5. The molecule has 0 aromatic carbocycles. The average Bonchev–Trinajstić information content (AvgIpc) is 3.40. The van der Waals surface area contributed by atoms with Crippen LogP contribution in [0.1, 0.15) is 31.2 Å². The molecule has 0 atom stereocenters. The topological polar surface area (TPSA) is 99.5 Å². The van der Waals surface area contributed by atoms with Crippen LogP contribution in [0.15, 0.2) is 41.7 Å². The number of aromatic nitrogens is 7. The number of hydrogen-bond acceptors (Lipinski definition) is 7. The number of furan rings is 1. The van der Waals surface area contributed by atoms with Crippen LogP contribution in [0.2, 0.25) is 0 Å². The van der Waals surface area contributed by atoms with Crippen LogP contribution in [0.3, 0.4) is 0 Å². The zero-order chi connectivity index (χ0) is 17.8. The van der Waals surface area contributed by atoms with Crippen LogP contribution < -0.4 is 5.32 Å². The van der Waals surface area contributed by atoms with Gasteiger partial charge in [-0.15, -0.1) is 5.10 Å². The third-order valence-electron chi connectivity index (χ3n) is 4.07. The number of anilines is 1. The van der Waals surface area contributed by atoms with Crippen LogP contribution in [0.4, 0.5) is 5.82 Å². The first-order chi connectivity index (χ1) is 12.8. The van der Waals surface area contributed by atoms with Gasteiger partial charge in [0, 0.05) is 6.54 Å². The van der Waals surface area contributed by atoms with E-state index in [0.717, 1.165) is 42.0 Å². The minimum absolute atomic E-state index is 0.539. The predicted octanol–water partition coefficient (Wildman–Crippen LogP) is 2.47. The fourth-order valence-corrected chi connectivity index (χ4v) is 2.72. The van der Waals surface area contributed by atoms with Gasteiger partial charge < -0.3 is 14.3 Å². The third kappa shape index (κ3) is 3.41. The van der Waals surface area contributed by atoms with Crippen molar-refractivity contribution in [1.82, 2.24) is 34.5 Å². The molecule has 134 valence electrons. The lowest BCUT2D eigenvalue weighted by molar-refractivity contribution is 0.518. The summed E-state index contributed by atoms with van der Waals surface area (Å²) in [5, 5.41) is 11.6. The Kier molecular flexibility index (Phi) is 4.59. The molecule has 1 N–H and O–H groups in total. The van der Waals surface area contributed by atoms with Gasteiger partial charge in [0.2, 0.25) is 0 Å². The number of unbranched alkanes of at least 4 members (excludes halogenated alkanes) is 1. The SMILES string of the molecule is CCCCn1cc(Cn2cnc3c(NCc4ccco4)ncnc32)nn1. The normalized spacial score (nSPS) is 11.3. The maximum Gasteiger partial charge on any atom is 0.165 e. The number of nitrogens with one attached hydrogen (secondary N) is 1. The van der Waals surface area contributed by atoms with E-state index in [0.29, 0.717) is 18.9 Å². The Hall–Kier alpha value is -3.23. The second-order valence-electron chi connectivity index (χ2n) is 6.03. The van der Waals surface area contributed by atoms with Crippen molar-refractivity contribution in [3.63, 3.8) is 0 Å². The molecule has 0 aliphatic rings. The third-order valence-corrected chi connectivity index (χ3v) is 4.07. The molecule has 4 aromatic rings. The Morgan fingerprint density at radius 2 is 2.19 bits per heavy atom. The monoisotopic (exact) mass is 352 g/mol. The minimum Gasteiger partial charge on any atom is -0.467 e. The first-order valence-corrected chi connectivity index (χ1v) is 8.64. The first-order valence-electron chi connectivity index (χ1n) is 8.64. The molecule has 0 aliphatic carbocycles. The lowest BCUT2D eigenvalue weighted by atomic mass is 10.3. The van der Waals surface area contributed by atoms with Crippen molar-refractivity contribution in [2.24, 2.45) is 0 Å². The zero-order valence-corrected chi connectivity index (χ0v) is 14.5. The van der Waals surface area contributed by atoms with Crippen LogP contribution in [0.5, 0.6) is 0 Å². The van der Waals surface area contributed by atoms with Crippen LogP contribution in [-0.2, 0) is 19.6 Å². The summed E-state index contributed by atoms with van der Waals surface area (Å²) < 4.78 is 9.16. The van der Waals surface area contributed by atoms with Crippen molar-refractivity contribution in [2.75, 3.05) is 5.32 Å². The molecule has 0 radical (unpaired) electrons. The Morgan fingerprint density at radius 3 is 3.04 bits per heavy atom. The van der Waals surface area contributed by atoms with Crippen molar-refractivity contribution in [2.45, 2.75) is 39.4 Å². The molecule has 26 heavy (non-hydrogen) atoms. The fourth-order valence-electron chi connectivity index (χ4n) is 2.72. The largest absolute Gasteiger partial charge is 0.467 e. The van der Waals surface area contributed by atoms with E-state index < -0.39 is 0 Å². The van der Waals surface area contributed by atoms with Crippen molar-refractivity contribution < 1.29 is 4.42 Å². The van der Waals surface area contributed by atoms with E-state index in [9.17, 15) is 0 Å². The molecule has 0 fully saturated rings. The van der Waals surface area contributed by atoms with Gasteiger partial charge in [0.15, 0.2) is 11.5 Å². The molecule has 4 heterocycles. The van der Waals surface area contributed by atoms with Gasteiger partial charge in [-0.3, -0.25) is 4.68 Å². The highest BCUT2D eigenvalue weighted by Gasteiger charge is 2.12. The Balaban J connectivity index is 1.51. The second-order valence-corrected chi connectivity index (χ2v) is 6.03. The summed E-state index contributed by atoms with van der Waals surface area (Å²) in [6.45, 7) is 4.15. The van der Waals surface area contributed by atoms with Gasteiger partial charge in [0.25, 0.3) is 0 Å². The molecule has 0 aliphatic heterocycles. The maximum absolute atomic E-state index is 5.33. The standard InChI is InChI=1S/C17H20N8O/c1-2-3-6-25-10-13(22-23-25)9-24-12-21-15-16(19-11-20-17(15)24)18-8-14-5-4-7-26-14/h4-5,7,10-12H,2-3,6,8-9H2,1H3,(H,18,19,20). The number of aryl methyl sites for hydroxylation is 1. The number of hydrogen-bond donors (Lipinski definition) is 1. The van der Waals surface area contributed by atoms with E-state index >= 15 is 0 Å². The minimum atomic E-state index is 0.539. The summed E-state index contributed by atoms with van der Waals surface area (Å²) in [6.07, 6.45) is 9.13. The highest BCUT2D eigenvalue weighted by Crippen LogP contribution is 2.19. The van der Waals surface area contributed by atoms with Crippen molar-refractivity contribution in [1.29, 1.82) is 0 Å². The van der Waals surface area contributed by atoms with Crippen molar-refractivity contribution in [3.8, 4) is 0 Å². The van der Waals surface area contributed by atoms with Crippen LogP contribution in [-0.4, -0.2) is 34.5 Å².